The zero-order valence-corrected chi connectivity index (χ0v) is 14.3. The molecule has 0 spiro atoms. The Morgan fingerprint density at radius 2 is 2.35 bits per heavy atom. The number of likely N-dealkylation sites (tertiary alicyclic amines) is 1. The molecular formula is C17H18N6O3. The Balaban J connectivity index is 1.77. The first-order chi connectivity index (χ1) is 12.6. The highest BCUT2D eigenvalue weighted by Crippen LogP contribution is 2.23. The van der Waals surface area contributed by atoms with E-state index in [9.17, 15) is 14.9 Å². The molecule has 1 unspecified atom stereocenters. The number of pyridine rings is 1. The van der Waals surface area contributed by atoms with E-state index in [0.717, 1.165) is 0 Å². The van der Waals surface area contributed by atoms with Gasteiger partial charge in [0.2, 0.25) is 11.8 Å². The molecule has 2 aromatic heterocycles. The van der Waals surface area contributed by atoms with Crippen molar-refractivity contribution in [1.82, 2.24) is 19.7 Å². The minimum atomic E-state index is -0.488. The molecular weight excluding hydrogens is 336 g/mol. The first-order valence-electron chi connectivity index (χ1n) is 8.11. The monoisotopic (exact) mass is 354 g/mol. The van der Waals surface area contributed by atoms with Crippen LogP contribution >= 0.6 is 0 Å². The second-order valence-corrected chi connectivity index (χ2v) is 5.84. The minimum Gasteiger partial charge on any atom is -0.383 e. The molecule has 1 N–H and O–H groups in total. The van der Waals surface area contributed by atoms with Gasteiger partial charge in [0.15, 0.2) is 11.6 Å². The summed E-state index contributed by atoms with van der Waals surface area (Å²) in [4.78, 5) is 30.4. The highest BCUT2D eigenvalue weighted by molar-refractivity contribution is 5.97. The lowest BCUT2D eigenvalue weighted by Crippen LogP contribution is -2.31. The van der Waals surface area contributed by atoms with Gasteiger partial charge in [0.05, 0.1) is 18.7 Å². The number of carbonyl (C=O) groups is 2. The van der Waals surface area contributed by atoms with E-state index in [4.69, 9.17) is 4.74 Å². The third-order valence-electron chi connectivity index (χ3n) is 4.15. The Bertz CT molecular complexity index is 842. The number of nitriles is 1. The fourth-order valence-electron chi connectivity index (χ4n) is 2.79. The van der Waals surface area contributed by atoms with Gasteiger partial charge in [-0.1, -0.05) is 6.07 Å². The van der Waals surface area contributed by atoms with E-state index >= 15 is 0 Å². The predicted octanol–water partition coefficient (Wildman–Crippen LogP) is 0.572. The summed E-state index contributed by atoms with van der Waals surface area (Å²) >= 11 is 0. The zero-order valence-electron chi connectivity index (χ0n) is 14.3. The maximum Gasteiger partial charge on any atom is 0.230 e. The highest BCUT2D eigenvalue weighted by Gasteiger charge is 2.34. The fraction of sp³-hybridized carbons (Fsp3) is 0.353. The molecule has 0 aliphatic carbocycles. The molecule has 9 heteroatoms. The number of amides is 2. The zero-order chi connectivity index (χ0) is 18.5. The summed E-state index contributed by atoms with van der Waals surface area (Å²) in [7, 11) is 1.56. The normalized spacial score (nSPS) is 16.5. The van der Waals surface area contributed by atoms with E-state index in [0.29, 0.717) is 25.5 Å². The molecule has 0 aromatic carbocycles. The Morgan fingerprint density at radius 3 is 3.04 bits per heavy atom. The topological polar surface area (TPSA) is 113 Å². The van der Waals surface area contributed by atoms with Crippen LogP contribution in [0.5, 0.6) is 0 Å². The van der Waals surface area contributed by atoms with Crippen LogP contribution in [0.4, 0.5) is 5.82 Å². The van der Waals surface area contributed by atoms with Crippen LogP contribution in [-0.2, 0) is 14.3 Å². The Labute approximate surface area is 150 Å². The van der Waals surface area contributed by atoms with Crippen LogP contribution < -0.4 is 5.32 Å². The molecule has 1 fully saturated rings. The molecule has 0 saturated carbocycles. The number of anilines is 1. The van der Waals surface area contributed by atoms with E-state index in [1.807, 2.05) is 6.07 Å². The molecule has 26 heavy (non-hydrogen) atoms. The van der Waals surface area contributed by atoms with Gasteiger partial charge < -0.3 is 15.0 Å². The number of nitrogens with one attached hydrogen (secondary N) is 1. The molecule has 0 bridgehead atoms. The van der Waals surface area contributed by atoms with Gasteiger partial charge in [0.25, 0.3) is 0 Å². The number of aromatic nitrogens is 3. The molecule has 1 aliphatic rings. The molecule has 0 radical (unpaired) electrons. The van der Waals surface area contributed by atoms with Crippen LogP contribution in [0.25, 0.3) is 5.82 Å². The molecule has 2 aromatic rings. The van der Waals surface area contributed by atoms with Crippen LogP contribution in [0.15, 0.2) is 30.6 Å². The van der Waals surface area contributed by atoms with E-state index < -0.39 is 5.92 Å². The van der Waals surface area contributed by atoms with Crippen molar-refractivity contribution in [3.8, 4) is 11.9 Å². The average Bonchev–Trinajstić information content (AvgIpc) is 3.24. The van der Waals surface area contributed by atoms with Crippen LogP contribution in [-0.4, -0.2) is 58.3 Å². The number of hydrogen-bond acceptors (Lipinski definition) is 6. The van der Waals surface area contributed by atoms with Crippen molar-refractivity contribution in [1.29, 1.82) is 5.26 Å². The first kappa shape index (κ1) is 17.6. The number of rotatable bonds is 6. The molecule has 1 aliphatic heterocycles. The fourth-order valence-corrected chi connectivity index (χ4v) is 2.79. The third-order valence-corrected chi connectivity index (χ3v) is 4.15. The van der Waals surface area contributed by atoms with Gasteiger partial charge in [-0.15, -0.1) is 0 Å². The second kappa shape index (κ2) is 7.76. The summed E-state index contributed by atoms with van der Waals surface area (Å²) in [5, 5.41) is 16.2. The lowest BCUT2D eigenvalue weighted by molar-refractivity contribution is -0.128. The van der Waals surface area contributed by atoms with Crippen molar-refractivity contribution in [3.63, 3.8) is 0 Å². The van der Waals surface area contributed by atoms with E-state index in [1.165, 1.54) is 10.9 Å². The van der Waals surface area contributed by atoms with Gasteiger partial charge in [0.1, 0.15) is 11.6 Å². The molecule has 2 amide bonds. The second-order valence-electron chi connectivity index (χ2n) is 5.84. The lowest BCUT2D eigenvalue weighted by atomic mass is 10.1. The van der Waals surface area contributed by atoms with Crippen molar-refractivity contribution in [2.75, 3.05) is 32.1 Å². The Kier molecular flexibility index (Phi) is 5.24. The van der Waals surface area contributed by atoms with Crippen molar-refractivity contribution in [3.05, 3.63) is 36.2 Å². The van der Waals surface area contributed by atoms with Crippen LogP contribution in [0.2, 0.25) is 0 Å². The summed E-state index contributed by atoms with van der Waals surface area (Å²) < 4.78 is 6.38. The maximum absolute atomic E-state index is 12.6. The first-order valence-corrected chi connectivity index (χ1v) is 8.11. The van der Waals surface area contributed by atoms with Gasteiger partial charge >= 0.3 is 0 Å². The third kappa shape index (κ3) is 3.55. The summed E-state index contributed by atoms with van der Waals surface area (Å²) in [6, 6.07) is 7.27. The maximum atomic E-state index is 12.6. The summed E-state index contributed by atoms with van der Waals surface area (Å²) in [6.45, 7) is 1.20. The molecule has 134 valence electrons. The molecule has 9 nitrogen and oxygen atoms in total. The van der Waals surface area contributed by atoms with Crippen LogP contribution in [0, 0.1) is 17.2 Å². The van der Waals surface area contributed by atoms with E-state index in [2.05, 4.69) is 15.4 Å². The van der Waals surface area contributed by atoms with Crippen molar-refractivity contribution in [2.24, 2.45) is 5.92 Å². The number of nitrogens with zero attached hydrogens (tertiary/aromatic N) is 5. The molecule has 1 atom stereocenters. The summed E-state index contributed by atoms with van der Waals surface area (Å²) in [5.41, 5.74) is 0.226. The SMILES string of the molecule is COCCN1CC(C(=O)Nc2c(C#N)cnn2-c2ccccn2)CC1=O. The average molecular weight is 354 g/mol. The van der Waals surface area contributed by atoms with Crippen LogP contribution in [0.1, 0.15) is 12.0 Å². The molecule has 3 rings (SSSR count). The van der Waals surface area contributed by atoms with Gasteiger partial charge in [-0.3, -0.25) is 9.59 Å². The van der Waals surface area contributed by atoms with Gasteiger partial charge in [-0.05, 0) is 12.1 Å². The minimum absolute atomic E-state index is 0.0825. The molecule has 3 heterocycles. The number of carbonyl (C=O) groups excluding carboxylic acids is 2. The predicted molar refractivity (Wildman–Crippen MR) is 91.3 cm³/mol. The van der Waals surface area contributed by atoms with E-state index in [1.54, 1.807) is 36.4 Å². The van der Waals surface area contributed by atoms with Crippen molar-refractivity contribution in [2.45, 2.75) is 6.42 Å². The Hall–Kier alpha value is -3.25. The van der Waals surface area contributed by atoms with Gasteiger partial charge in [-0.2, -0.15) is 15.0 Å². The number of methoxy groups -OCH3 is 1. The molecule has 1 saturated heterocycles. The largest absolute Gasteiger partial charge is 0.383 e. The smallest absolute Gasteiger partial charge is 0.230 e. The Morgan fingerprint density at radius 1 is 1.50 bits per heavy atom. The summed E-state index contributed by atoms with van der Waals surface area (Å²) in [6.07, 6.45) is 3.10. The lowest BCUT2D eigenvalue weighted by Gasteiger charge is -2.16. The van der Waals surface area contributed by atoms with Gasteiger partial charge in [-0.25, -0.2) is 4.98 Å². The van der Waals surface area contributed by atoms with Crippen molar-refractivity contribution < 1.29 is 14.3 Å². The quantitative estimate of drug-likeness (QED) is 0.811. The standard InChI is InChI=1S/C17H18N6O3/c1-26-7-6-22-11-12(8-15(22)24)17(25)21-16-13(9-18)10-20-23(16)14-4-2-3-5-19-14/h2-5,10,12H,6-8,11H2,1H3,(H,21,25). The summed E-state index contributed by atoms with van der Waals surface area (Å²) in [5.74, 6) is -0.168. The number of hydrogen-bond donors (Lipinski definition) is 1. The van der Waals surface area contributed by atoms with Crippen LogP contribution in [0.3, 0.4) is 0 Å². The van der Waals surface area contributed by atoms with E-state index in [-0.39, 0.29) is 29.6 Å². The highest BCUT2D eigenvalue weighted by atomic mass is 16.5. The number of ether oxygens (including phenoxy) is 1. The van der Waals surface area contributed by atoms with Crippen molar-refractivity contribution >= 4 is 17.6 Å². The van der Waals surface area contributed by atoms with Gasteiger partial charge in [0, 0.05) is 32.8 Å².